The van der Waals surface area contributed by atoms with E-state index in [4.69, 9.17) is 11.6 Å². The Bertz CT molecular complexity index is 396. The summed E-state index contributed by atoms with van der Waals surface area (Å²) in [5.41, 5.74) is 1.03. The quantitative estimate of drug-likeness (QED) is 0.621. The predicted octanol–water partition coefficient (Wildman–Crippen LogP) is 0.671. The average molecular weight is 255 g/mol. The number of aryl methyl sites for hydroxylation is 1. The van der Waals surface area contributed by atoms with Crippen molar-refractivity contribution in [2.75, 3.05) is 31.1 Å². The highest BCUT2D eigenvalue weighted by atomic mass is 35.5. The summed E-state index contributed by atoms with van der Waals surface area (Å²) in [5.74, 6) is 0.898. The lowest BCUT2D eigenvalue weighted by molar-refractivity contribution is 0.343. The molecule has 0 amide bonds. The third-order valence-corrected chi connectivity index (χ3v) is 3.24. The number of piperazine rings is 1. The first-order valence-electron chi connectivity index (χ1n) is 5.74. The Morgan fingerprint density at radius 1 is 1.35 bits per heavy atom. The molecule has 1 fully saturated rings. The molecule has 2 heterocycles. The second-order valence-electron chi connectivity index (χ2n) is 4.30. The van der Waals surface area contributed by atoms with Crippen LogP contribution in [-0.2, 0) is 0 Å². The molecule has 1 aromatic heterocycles. The number of halogens is 1. The lowest BCUT2D eigenvalue weighted by Crippen LogP contribution is -2.51. The number of rotatable bonds is 2. The zero-order valence-electron chi connectivity index (χ0n) is 10.1. The minimum atomic E-state index is -0.382. The molecule has 1 saturated heterocycles. The monoisotopic (exact) mass is 254 g/mol. The summed E-state index contributed by atoms with van der Waals surface area (Å²) in [7, 11) is -0.382. The van der Waals surface area contributed by atoms with Gasteiger partial charge in [-0.1, -0.05) is 0 Å². The highest BCUT2D eigenvalue weighted by Gasteiger charge is 2.23. The first-order valence-corrected chi connectivity index (χ1v) is 6.12. The van der Waals surface area contributed by atoms with E-state index < -0.39 is 0 Å². The van der Waals surface area contributed by atoms with Gasteiger partial charge in [0.15, 0.2) is 0 Å². The van der Waals surface area contributed by atoms with Crippen LogP contribution in [0.25, 0.3) is 0 Å². The van der Waals surface area contributed by atoms with E-state index in [1.54, 1.807) is 13.0 Å². The van der Waals surface area contributed by atoms with Crippen LogP contribution >= 0.6 is 11.6 Å². The molecular formula is C10H16BClN4O. The van der Waals surface area contributed by atoms with Gasteiger partial charge in [0.05, 0.1) is 0 Å². The van der Waals surface area contributed by atoms with Crippen molar-refractivity contribution in [3.63, 3.8) is 0 Å². The Kier molecular flexibility index (Phi) is 3.86. The van der Waals surface area contributed by atoms with E-state index in [0.29, 0.717) is 0 Å². The summed E-state index contributed by atoms with van der Waals surface area (Å²) in [4.78, 5) is 12.4. The van der Waals surface area contributed by atoms with Crippen LogP contribution in [0, 0.1) is 6.92 Å². The molecule has 1 aliphatic heterocycles. The molecule has 1 aliphatic rings. The Labute approximate surface area is 107 Å². The van der Waals surface area contributed by atoms with E-state index in [9.17, 15) is 5.02 Å². The molecule has 2 rings (SSSR count). The molecule has 7 heteroatoms. The van der Waals surface area contributed by atoms with Crippen molar-refractivity contribution in [2.45, 2.75) is 13.7 Å². The zero-order chi connectivity index (χ0) is 12.4. The lowest BCUT2D eigenvalue weighted by Gasteiger charge is -2.36. The van der Waals surface area contributed by atoms with Gasteiger partial charge in [-0.3, -0.25) is 0 Å². The van der Waals surface area contributed by atoms with E-state index in [1.807, 2.05) is 11.7 Å². The molecule has 1 N–H and O–H groups in total. The fourth-order valence-corrected chi connectivity index (χ4v) is 2.17. The van der Waals surface area contributed by atoms with Gasteiger partial charge in [-0.25, -0.2) is 9.97 Å². The Morgan fingerprint density at radius 3 is 2.59 bits per heavy atom. The lowest BCUT2D eigenvalue weighted by atomic mass is 9.84. The largest absolute Gasteiger partial charge is 0.437 e. The van der Waals surface area contributed by atoms with E-state index in [2.05, 4.69) is 14.9 Å². The SMILES string of the molecule is CB(O)N1CCN(c2nc(Cl)ncc2C)CC1. The van der Waals surface area contributed by atoms with Crippen molar-refractivity contribution in [3.8, 4) is 0 Å². The van der Waals surface area contributed by atoms with Crippen molar-refractivity contribution >= 4 is 24.5 Å². The van der Waals surface area contributed by atoms with E-state index in [-0.39, 0.29) is 12.3 Å². The molecule has 0 bridgehead atoms. The van der Waals surface area contributed by atoms with Gasteiger partial charge in [-0.2, -0.15) is 0 Å². The predicted molar refractivity (Wildman–Crippen MR) is 69.4 cm³/mol. The molecule has 92 valence electrons. The average Bonchev–Trinajstić information content (AvgIpc) is 2.32. The topological polar surface area (TPSA) is 52.5 Å². The Balaban J connectivity index is 2.07. The Morgan fingerprint density at radius 2 is 2.00 bits per heavy atom. The van der Waals surface area contributed by atoms with Gasteiger partial charge < -0.3 is 14.7 Å². The Hall–Kier alpha value is -0.845. The van der Waals surface area contributed by atoms with E-state index in [1.165, 1.54) is 0 Å². The number of hydrogen-bond donors (Lipinski definition) is 1. The smallest absolute Gasteiger partial charge is 0.376 e. The maximum absolute atomic E-state index is 9.49. The fourth-order valence-electron chi connectivity index (χ4n) is 2.04. The summed E-state index contributed by atoms with van der Waals surface area (Å²) in [6.45, 7) is 7.13. The van der Waals surface area contributed by atoms with Crippen molar-refractivity contribution < 1.29 is 5.02 Å². The van der Waals surface area contributed by atoms with E-state index in [0.717, 1.165) is 37.6 Å². The summed E-state index contributed by atoms with van der Waals surface area (Å²) in [5, 5.41) is 9.77. The molecule has 0 saturated carbocycles. The van der Waals surface area contributed by atoms with Crippen LogP contribution in [0.4, 0.5) is 5.82 Å². The molecule has 0 radical (unpaired) electrons. The van der Waals surface area contributed by atoms with Gasteiger partial charge in [-0.15, -0.1) is 0 Å². The van der Waals surface area contributed by atoms with Crippen LogP contribution in [0.2, 0.25) is 12.1 Å². The summed E-state index contributed by atoms with van der Waals surface area (Å²) >= 11 is 5.82. The minimum absolute atomic E-state index is 0.281. The summed E-state index contributed by atoms with van der Waals surface area (Å²) < 4.78 is 0. The number of nitrogens with zero attached hydrogens (tertiary/aromatic N) is 4. The third-order valence-electron chi connectivity index (χ3n) is 3.06. The van der Waals surface area contributed by atoms with Crippen molar-refractivity contribution in [3.05, 3.63) is 17.0 Å². The van der Waals surface area contributed by atoms with Gasteiger partial charge >= 0.3 is 7.05 Å². The number of anilines is 1. The molecule has 1 aromatic rings. The minimum Gasteiger partial charge on any atom is -0.437 e. The summed E-state index contributed by atoms with van der Waals surface area (Å²) in [6.07, 6.45) is 1.74. The summed E-state index contributed by atoms with van der Waals surface area (Å²) in [6, 6.07) is 0. The second kappa shape index (κ2) is 5.20. The molecular weight excluding hydrogens is 238 g/mol. The van der Waals surface area contributed by atoms with Crippen molar-refractivity contribution in [2.24, 2.45) is 0 Å². The number of hydrogen-bond acceptors (Lipinski definition) is 5. The molecule has 0 unspecified atom stereocenters. The van der Waals surface area contributed by atoms with Crippen molar-refractivity contribution in [1.82, 2.24) is 14.8 Å². The first-order chi connectivity index (χ1) is 8.08. The fraction of sp³-hybridized carbons (Fsp3) is 0.600. The van der Waals surface area contributed by atoms with Crippen LogP contribution in [0.3, 0.4) is 0 Å². The molecule has 0 atom stereocenters. The van der Waals surface area contributed by atoms with Gasteiger partial charge in [0.1, 0.15) is 5.82 Å². The highest BCUT2D eigenvalue weighted by molar-refractivity contribution is 6.45. The van der Waals surface area contributed by atoms with Crippen LogP contribution < -0.4 is 4.90 Å². The van der Waals surface area contributed by atoms with Crippen LogP contribution in [0.5, 0.6) is 0 Å². The standard InChI is InChI=1S/C10H16BClN4O/c1-8-7-13-10(12)14-9(8)15-3-5-16(6-4-15)11(2)17/h7,17H,3-6H2,1-2H3. The second-order valence-corrected chi connectivity index (χ2v) is 4.64. The van der Waals surface area contributed by atoms with Gasteiger partial charge in [-0.05, 0) is 25.3 Å². The molecule has 0 aromatic carbocycles. The highest BCUT2D eigenvalue weighted by Crippen LogP contribution is 2.19. The third kappa shape index (κ3) is 2.88. The van der Waals surface area contributed by atoms with Crippen molar-refractivity contribution in [1.29, 1.82) is 0 Å². The maximum atomic E-state index is 9.49. The van der Waals surface area contributed by atoms with E-state index >= 15 is 0 Å². The zero-order valence-corrected chi connectivity index (χ0v) is 10.9. The van der Waals surface area contributed by atoms with Gasteiger partial charge in [0.25, 0.3) is 0 Å². The van der Waals surface area contributed by atoms with Gasteiger partial charge in [0, 0.05) is 37.9 Å². The normalized spacial score (nSPS) is 17.3. The molecule has 5 nitrogen and oxygen atoms in total. The molecule has 17 heavy (non-hydrogen) atoms. The maximum Gasteiger partial charge on any atom is 0.376 e. The van der Waals surface area contributed by atoms with Crippen LogP contribution in [-0.4, -0.2) is 53.0 Å². The van der Waals surface area contributed by atoms with Crippen LogP contribution in [0.15, 0.2) is 6.20 Å². The number of aromatic nitrogens is 2. The first kappa shape index (κ1) is 12.6. The molecule has 0 aliphatic carbocycles. The molecule has 0 spiro atoms. The van der Waals surface area contributed by atoms with Crippen LogP contribution in [0.1, 0.15) is 5.56 Å². The van der Waals surface area contributed by atoms with Gasteiger partial charge in [0.2, 0.25) is 5.28 Å².